The summed E-state index contributed by atoms with van der Waals surface area (Å²) in [5, 5.41) is 4.00. The molecule has 1 N–H and O–H groups in total. The van der Waals surface area contributed by atoms with Crippen LogP contribution in [0, 0.1) is 0 Å². The van der Waals surface area contributed by atoms with Gasteiger partial charge in [0.15, 0.2) is 5.11 Å². The first-order chi connectivity index (χ1) is 12.7. The molecule has 1 aromatic carbocycles. The van der Waals surface area contributed by atoms with Gasteiger partial charge in [0.1, 0.15) is 0 Å². The second kappa shape index (κ2) is 7.21. The molecule has 2 aliphatic heterocycles. The van der Waals surface area contributed by atoms with Crippen molar-refractivity contribution in [3.05, 3.63) is 53.7 Å². The number of likely N-dealkylation sites (tertiary alicyclic amines) is 1. The maximum Gasteiger partial charge on any atom is 0.213 e. The Morgan fingerprint density at radius 3 is 2.77 bits per heavy atom. The summed E-state index contributed by atoms with van der Waals surface area (Å²) in [7, 11) is 1.61. The lowest BCUT2D eigenvalue weighted by molar-refractivity contribution is -0.0904. The molecule has 2 aromatic rings. The predicted molar refractivity (Wildman–Crippen MR) is 106 cm³/mol. The first kappa shape index (κ1) is 17.2. The highest BCUT2D eigenvalue weighted by molar-refractivity contribution is 7.80. The van der Waals surface area contributed by atoms with Crippen LogP contribution in [-0.4, -0.2) is 41.8 Å². The molecule has 1 spiro atoms. The van der Waals surface area contributed by atoms with Crippen molar-refractivity contribution in [1.82, 2.24) is 9.88 Å². The number of hydrogen-bond acceptors (Lipinski definition) is 4. The third-order valence-electron chi connectivity index (χ3n) is 5.31. The van der Waals surface area contributed by atoms with Crippen LogP contribution < -0.4 is 10.1 Å². The zero-order chi connectivity index (χ0) is 18.0. The smallest absolute Gasteiger partial charge is 0.213 e. The third kappa shape index (κ3) is 3.27. The Hall–Kier alpha value is -2.18. The number of anilines is 1. The van der Waals surface area contributed by atoms with E-state index >= 15 is 0 Å². The van der Waals surface area contributed by atoms with Crippen molar-refractivity contribution in [2.45, 2.75) is 24.9 Å². The average molecular weight is 369 g/mol. The van der Waals surface area contributed by atoms with Crippen molar-refractivity contribution >= 4 is 23.0 Å². The van der Waals surface area contributed by atoms with Crippen molar-refractivity contribution in [3.8, 4) is 5.88 Å². The number of fused-ring (bicyclic) bond motifs is 2. The average Bonchev–Trinajstić information content (AvgIpc) is 2.69. The number of benzene rings is 1. The Morgan fingerprint density at radius 2 is 2.04 bits per heavy atom. The number of rotatable bonds is 2. The Kier molecular flexibility index (Phi) is 4.78. The molecule has 26 heavy (non-hydrogen) atoms. The lowest BCUT2D eigenvalue weighted by Gasteiger charge is -2.45. The second-order valence-corrected chi connectivity index (χ2v) is 7.14. The van der Waals surface area contributed by atoms with Gasteiger partial charge in [0.2, 0.25) is 5.88 Å². The molecule has 0 radical (unpaired) electrons. The summed E-state index contributed by atoms with van der Waals surface area (Å²) in [4.78, 5) is 6.42. The molecule has 5 nitrogen and oxygen atoms in total. The number of ether oxygens (including phenoxy) is 2. The van der Waals surface area contributed by atoms with E-state index in [-0.39, 0.29) is 5.60 Å². The van der Waals surface area contributed by atoms with E-state index in [0.29, 0.717) is 5.88 Å². The molecule has 3 heterocycles. The van der Waals surface area contributed by atoms with Gasteiger partial charge in [-0.3, -0.25) is 0 Å². The fourth-order valence-electron chi connectivity index (χ4n) is 3.88. The number of aromatic nitrogens is 1. The summed E-state index contributed by atoms with van der Waals surface area (Å²) in [6.07, 6.45) is 4.64. The SMILES string of the molecule is COc1ccc(NC(=S)N2CCC3(CC2)OCCc2ccccc23)cn1. The van der Waals surface area contributed by atoms with Crippen LogP contribution in [0.5, 0.6) is 5.88 Å². The molecular weight excluding hydrogens is 346 g/mol. The molecule has 1 fully saturated rings. The number of nitrogens with one attached hydrogen (secondary N) is 1. The monoisotopic (exact) mass is 369 g/mol. The highest BCUT2D eigenvalue weighted by Gasteiger charge is 2.40. The summed E-state index contributed by atoms with van der Waals surface area (Å²) in [6, 6.07) is 12.4. The van der Waals surface area contributed by atoms with Crippen LogP contribution in [-0.2, 0) is 16.8 Å². The zero-order valence-electron chi connectivity index (χ0n) is 14.9. The topological polar surface area (TPSA) is 46.6 Å². The molecule has 0 unspecified atom stereocenters. The van der Waals surface area contributed by atoms with Gasteiger partial charge in [0, 0.05) is 19.2 Å². The second-order valence-electron chi connectivity index (χ2n) is 6.76. The largest absolute Gasteiger partial charge is 0.481 e. The van der Waals surface area contributed by atoms with Gasteiger partial charge in [-0.05, 0) is 48.7 Å². The van der Waals surface area contributed by atoms with Crippen LogP contribution in [0.15, 0.2) is 42.6 Å². The number of thiocarbonyl (C=S) groups is 1. The molecule has 1 aromatic heterocycles. The number of piperidine rings is 1. The molecule has 4 rings (SSSR count). The first-order valence-electron chi connectivity index (χ1n) is 8.98. The van der Waals surface area contributed by atoms with E-state index in [1.807, 2.05) is 12.1 Å². The van der Waals surface area contributed by atoms with Crippen molar-refractivity contribution < 1.29 is 9.47 Å². The van der Waals surface area contributed by atoms with Gasteiger partial charge < -0.3 is 19.7 Å². The van der Waals surface area contributed by atoms with Crippen molar-refractivity contribution in [3.63, 3.8) is 0 Å². The van der Waals surface area contributed by atoms with Crippen molar-refractivity contribution in [2.75, 3.05) is 32.1 Å². The minimum absolute atomic E-state index is 0.150. The molecule has 2 aliphatic rings. The van der Waals surface area contributed by atoms with Crippen LogP contribution in [0.4, 0.5) is 5.69 Å². The molecule has 0 atom stereocenters. The number of hydrogen-bond donors (Lipinski definition) is 1. The van der Waals surface area contributed by atoms with Gasteiger partial charge in [-0.25, -0.2) is 4.98 Å². The fraction of sp³-hybridized carbons (Fsp3) is 0.400. The molecule has 136 valence electrons. The summed E-state index contributed by atoms with van der Waals surface area (Å²) >= 11 is 5.60. The van der Waals surface area contributed by atoms with Crippen molar-refractivity contribution in [1.29, 1.82) is 0 Å². The van der Waals surface area contributed by atoms with Crippen LogP contribution in [0.3, 0.4) is 0 Å². The van der Waals surface area contributed by atoms with Gasteiger partial charge in [0.25, 0.3) is 0 Å². The predicted octanol–water partition coefficient (Wildman–Crippen LogP) is 3.35. The number of pyridine rings is 1. The summed E-state index contributed by atoms with van der Waals surface area (Å²) < 4.78 is 11.4. The molecule has 0 bridgehead atoms. The fourth-order valence-corrected chi connectivity index (χ4v) is 4.18. The van der Waals surface area contributed by atoms with Crippen LogP contribution in [0.2, 0.25) is 0 Å². The van der Waals surface area contributed by atoms with Gasteiger partial charge in [0.05, 0.1) is 31.2 Å². The molecule has 6 heteroatoms. The Morgan fingerprint density at radius 1 is 1.23 bits per heavy atom. The maximum atomic E-state index is 6.29. The third-order valence-corrected chi connectivity index (χ3v) is 5.67. The molecular formula is C20H23N3O2S. The van der Waals surface area contributed by atoms with E-state index in [0.717, 1.165) is 49.8 Å². The van der Waals surface area contributed by atoms with Crippen LogP contribution >= 0.6 is 12.2 Å². The van der Waals surface area contributed by atoms with Crippen molar-refractivity contribution in [2.24, 2.45) is 0 Å². The minimum Gasteiger partial charge on any atom is -0.481 e. The van der Waals surface area contributed by atoms with Crippen LogP contribution in [0.1, 0.15) is 24.0 Å². The van der Waals surface area contributed by atoms with Gasteiger partial charge in [-0.15, -0.1) is 0 Å². The van der Waals surface area contributed by atoms with E-state index in [9.17, 15) is 0 Å². The maximum absolute atomic E-state index is 6.29. The quantitative estimate of drug-likeness (QED) is 0.819. The summed E-state index contributed by atoms with van der Waals surface area (Å²) in [6.45, 7) is 2.56. The Balaban J connectivity index is 1.41. The summed E-state index contributed by atoms with van der Waals surface area (Å²) in [5.74, 6) is 0.592. The molecule has 0 amide bonds. The number of nitrogens with zero attached hydrogens (tertiary/aromatic N) is 2. The van der Waals surface area contributed by atoms with E-state index < -0.39 is 0 Å². The molecule has 1 saturated heterocycles. The Labute approximate surface area is 159 Å². The van der Waals surface area contributed by atoms with E-state index in [2.05, 4.69) is 39.5 Å². The zero-order valence-corrected chi connectivity index (χ0v) is 15.7. The normalized spacial score (nSPS) is 18.3. The number of methoxy groups -OCH3 is 1. The molecule has 0 aliphatic carbocycles. The van der Waals surface area contributed by atoms with E-state index in [1.165, 1.54) is 11.1 Å². The highest BCUT2D eigenvalue weighted by Crippen LogP contribution is 2.41. The first-order valence-corrected chi connectivity index (χ1v) is 9.39. The van der Waals surface area contributed by atoms with Gasteiger partial charge >= 0.3 is 0 Å². The standard InChI is InChI=1S/C20H23N3O2S/c1-24-18-7-6-16(14-21-18)22-19(26)23-11-9-20(10-12-23)17-5-3-2-4-15(17)8-13-25-20/h2-7,14H,8-13H2,1H3,(H,22,26). The summed E-state index contributed by atoms with van der Waals surface area (Å²) in [5.41, 5.74) is 3.51. The van der Waals surface area contributed by atoms with Crippen LogP contribution in [0.25, 0.3) is 0 Å². The van der Waals surface area contributed by atoms with E-state index in [1.54, 1.807) is 13.3 Å². The Bertz CT molecular complexity index is 786. The lowest BCUT2D eigenvalue weighted by Crippen LogP contribution is -2.49. The lowest BCUT2D eigenvalue weighted by atomic mass is 9.79. The molecule has 0 saturated carbocycles. The van der Waals surface area contributed by atoms with Gasteiger partial charge in [-0.2, -0.15) is 0 Å². The van der Waals surface area contributed by atoms with Gasteiger partial charge in [-0.1, -0.05) is 24.3 Å². The minimum atomic E-state index is -0.150. The van der Waals surface area contributed by atoms with E-state index in [4.69, 9.17) is 21.7 Å². The highest BCUT2D eigenvalue weighted by atomic mass is 32.1.